The Kier molecular flexibility index (Phi) is 5.45. The van der Waals surface area contributed by atoms with Crippen molar-refractivity contribution in [3.05, 3.63) is 101 Å². The minimum Gasteiger partial charge on any atom is -0.418 e. The molecule has 27 heavy (non-hydrogen) atoms. The van der Waals surface area contributed by atoms with Gasteiger partial charge in [0.25, 0.3) is 0 Å². The van der Waals surface area contributed by atoms with Gasteiger partial charge in [-0.1, -0.05) is 60.7 Å². The molecule has 0 radical (unpaired) electrons. The maximum absolute atomic E-state index is 9.75. The van der Waals surface area contributed by atoms with Gasteiger partial charge in [-0.05, 0) is 28.3 Å². The van der Waals surface area contributed by atoms with Crippen molar-refractivity contribution in [1.82, 2.24) is 0 Å². The molecule has 0 saturated carbocycles. The summed E-state index contributed by atoms with van der Waals surface area (Å²) >= 11 is 0. The largest absolute Gasteiger partial charge is 0.673 e. The van der Waals surface area contributed by atoms with Crippen LogP contribution in [-0.2, 0) is 13.5 Å². The Labute approximate surface area is 155 Å². The van der Waals surface area contributed by atoms with Crippen molar-refractivity contribution in [1.29, 1.82) is 0 Å². The highest BCUT2D eigenvalue weighted by Crippen LogP contribution is 2.40. The first-order valence-electron chi connectivity index (χ1n) is 8.54. The summed E-state index contributed by atoms with van der Waals surface area (Å²) in [5.41, 5.74) is 8.19. The van der Waals surface area contributed by atoms with Crippen LogP contribution in [0.4, 0.5) is 17.3 Å². The maximum atomic E-state index is 9.75. The van der Waals surface area contributed by atoms with Crippen molar-refractivity contribution in [2.75, 3.05) is 0 Å². The Hall–Kier alpha value is -2.89. The van der Waals surface area contributed by atoms with Crippen molar-refractivity contribution >= 4 is 18.4 Å². The van der Waals surface area contributed by atoms with Crippen LogP contribution in [0.15, 0.2) is 79.0 Å². The minimum atomic E-state index is -6.00. The summed E-state index contributed by atoms with van der Waals surface area (Å²) in [4.78, 5) is 0. The standard InChI is InChI=1S/C21H18N.BF4/c1-22-14-8-13-18-19(15-20(18)22)21(16-9-4-2-5-10-16)17-11-6-3-7-12-17;2-1(3,4)5/h2-14H,15H2,1H3;/q+1;-1. The SMILES string of the molecule is C[n+]1cccc2c1CC2=C(c1ccccc1)c1ccccc1.F[B-](F)(F)F. The molecule has 1 aliphatic rings. The van der Waals surface area contributed by atoms with Gasteiger partial charge < -0.3 is 17.3 Å². The van der Waals surface area contributed by atoms with Crippen molar-refractivity contribution < 1.29 is 21.8 Å². The highest BCUT2D eigenvalue weighted by atomic mass is 19.5. The van der Waals surface area contributed by atoms with E-state index in [-0.39, 0.29) is 0 Å². The Bertz CT molecular complexity index is 903. The van der Waals surface area contributed by atoms with Crippen molar-refractivity contribution in [3.63, 3.8) is 0 Å². The van der Waals surface area contributed by atoms with Crippen LogP contribution >= 0.6 is 0 Å². The molecule has 1 nitrogen and oxygen atoms in total. The van der Waals surface area contributed by atoms with Crippen LogP contribution in [-0.4, -0.2) is 7.25 Å². The normalized spacial score (nSPS) is 12.4. The monoisotopic (exact) mass is 371 g/mol. The van der Waals surface area contributed by atoms with Gasteiger partial charge in [-0.3, -0.25) is 0 Å². The minimum absolute atomic E-state index is 1.03. The number of aryl methyl sites for hydroxylation is 1. The van der Waals surface area contributed by atoms with Gasteiger partial charge >= 0.3 is 7.25 Å². The predicted octanol–water partition coefficient (Wildman–Crippen LogP) is 5.33. The summed E-state index contributed by atoms with van der Waals surface area (Å²) in [6.07, 6.45) is 3.16. The van der Waals surface area contributed by atoms with Crippen LogP contribution in [0, 0.1) is 0 Å². The Morgan fingerprint density at radius 3 is 1.74 bits per heavy atom. The Morgan fingerprint density at radius 2 is 1.26 bits per heavy atom. The summed E-state index contributed by atoms with van der Waals surface area (Å²) < 4.78 is 41.2. The molecule has 0 bridgehead atoms. The molecule has 4 rings (SSSR count). The van der Waals surface area contributed by atoms with E-state index in [0.717, 1.165) is 6.42 Å². The van der Waals surface area contributed by atoms with Crippen LogP contribution < -0.4 is 4.57 Å². The second-order valence-electron chi connectivity index (χ2n) is 6.24. The molecule has 0 fully saturated rings. The van der Waals surface area contributed by atoms with Crippen molar-refractivity contribution in [2.24, 2.45) is 7.05 Å². The van der Waals surface area contributed by atoms with Crippen LogP contribution in [0.5, 0.6) is 0 Å². The molecule has 1 heterocycles. The number of nitrogens with zero attached hydrogens (tertiary/aromatic N) is 1. The molecule has 0 unspecified atom stereocenters. The molecular formula is C21H18BF4N. The number of hydrogen-bond donors (Lipinski definition) is 0. The molecule has 1 aliphatic carbocycles. The number of hydrogen-bond acceptors (Lipinski definition) is 0. The third-order valence-electron chi connectivity index (χ3n) is 4.41. The molecule has 6 heteroatoms. The van der Waals surface area contributed by atoms with E-state index in [1.54, 1.807) is 0 Å². The molecule has 0 N–H and O–H groups in total. The predicted molar refractivity (Wildman–Crippen MR) is 100 cm³/mol. The van der Waals surface area contributed by atoms with Gasteiger partial charge in [0.15, 0.2) is 11.9 Å². The third kappa shape index (κ3) is 4.64. The van der Waals surface area contributed by atoms with Gasteiger partial charge in [-0.2, -0.15) is 0 Å². The number of fused-ring (bicyclic) bond motifs is 1. The zero-order chi connectivity index (χ0) is 19.4. The fraction of sp³-hybridized carbons (Fsp3) is 0.0952. The first-order valence-corrected chi connectivity index (χ1v) is 8.54. The van der Waals surface area contributed by atoms with Crippen LogP contribution in [0.2, 0.25) is 0 Å². The molecule has 0 saturated heterocycles. The van der Waals surface area contributed by atoms with Crippen LogP contribution in [0.1, 0.15) is 22.4 Å². The lowest BCUT2D eigenvalue weighted by atomic mass is 9.79. The quantitative estimate of drug-likeness (QED) is 0.326. The molecule has 0 aliphatic heterocycles. The second-order valence-corrected chi connectivity index (χ2v) is 6.24. The third-order valence-corrected chi connectivity index (χ3v) is 4.41. The lowest BCUT2D eigenvalue weighted by molar-refractivity contribution is -0.680. The van der Waals surface area contributed by atoms with E-state index in [4.69, 9.17) is 0 Å². The molecular weight excluding hydrogens is 353 g/mol. The van der Waals surface area contributed by atoms with Crippen LogP contribution in [0.25, 0.3) is 11.1 Å². The van der Waals surface area contributed by atoms with E-state index < -0.39 is 7.25 Å². The van der Waals surface area contributed by atoms with E-state index in [9.17, 15) is 17.3 Å². The number of allylic oxidation sites excluding steroid dienone is 1. The smallest absolute Gasteiger partial charge is 0.418 e. The Morgan fingerprint density at radius 1 is 0.778 bits per heavy atom. The molecule has 2 aromatic carbocycles. The van der Waals surface area contributed by atoms with E-state index in [2.05, 4.69) is 90.6 Å². The van der Waals surface area contributed by atoms with E-state index in [1.807, 2.05) is 0 Å². The molecule has 3 aromatic rings. The average molecular weight is 371 g/mol. The van der Waals surface area contributed by atoms with Gasteiger partial charge in [0.05, 0.1) is 6.42 Å². The van der Waals surface area contributed by atoms with Gasteiger partial charge in [0.1, 0.15) is 7.05 Å². The summed E-state index contributed by atoms with van der Waals surface area (Å²) in [5.74, 6) is 0. The van der Waals surface area contributed by atoms with Gasteiger partial charge in [-0.25, -0.2) is 4.57 Å². The highest BCUT2D eigenvalue weighted by Gasteiger charge is 2.31. The van der Waals surface area contributed by atoms with E-state index in [1.165, 1.54) is 33.5 Å². The topological polar surface area (TPSA) is 3.88 Å². The number of halogens is 4. The first kappa shape index (κ1) is 18.9. The zero-order valence-electron chi connectivity index (χ0n) is 14.7. The first-order chi connectivity index (χ1) is 12.8. The van der Waals surface area contributed by atoms with E-state index in [0.29, 0.717) is 0 Å². The number of rotatable bonds is 2. The Balaban J connectivity index is 0.000000376. The molecule has 138 valence electrons. The van der Waals surface area contributed by atoms with Gasteiger partial charge in [0, 0.05) is 11.6 Å². The summed E-state index contributed by atoms with van der Waals surface area (Å²) in [7, 11) is -3.87. The summed E-state index contributed by atoms with van der Waals surface area (Å²) in [6, 6.07) is 25.8. The highest BCUT2D eigenvalue weighted by molar-refractivity contribution is 6.50. The fourth-order valence-electron chi connectivity index (χ4n) is 3.24. The summed E-state index contributed by atoms with van der Waals surface area (Å²) in [5, 5.41) is 0. The van der Waals surface area contributed by atoms with Gasteiger partial charge in [-0.15, -0.1) is 0 Å². The molecule has 0 atom stereocenters. The van der Waals surface area contributed by atoms with Crippen molar-refractivity contribution in [2.45, 2.75) is 6.42 Å². The maximum Gasteiger partial charge on any atom is 0.673 e. The second kappa shape index (κ2) is 7.78. The van der Waals surface area contributed by atoms with Gasteiger partial charge in [0.2, 0.25) is 0 Å². The molecule has 1 aromatic heterocycles. The number of aromatic nitrogens is 1. The number of benzene rings is 2. The summed E-state index contributed by atoms with van der Waals surface area (Å²) in [6.45, 7) is 0. The van der Waals surface area contributed by atoms with Crippen LogP contribution in [0.3, 0.4) is 0 Å². The lowest BCUT2D eigenvalue weighted by Crippen LogP contribution is -2.38. The molecule has 0 spiro atoms. The lowest BCUT2D eigenvalue weighted by Gasteiger charge is -2.24. The molecule has 0 amide bonds. The number of pyridine rings is 1. The van der Waals surface area contributed by atoms with E-state index >= 15 is 0 Å². The fourth-order valence-corrected chi connectivity index (χ4v) is 3.24. The van der Waals surface area contributed by atoms with Crippen molar-refractivity contribution in [3.8, 4) is 0 Å². The zero-order valence-corrected chi connectivity index (χ0v) is 14.7. The average Bonchev–Trinajstić information content (AvgIpc) is 2.61.